The second-order valence-corrected chi connectivity index (χ2v) is 8.10. The number of hydrogen-bond donors (Lipinski definition) is 0. The number of thiazole rings is 1. The Kier molecular flexibility index (Phi) is 7.17. The minimum atomic E-state index is -0.449. The number of unbranched alkanes of at least 4 members (excludes halogenated alkanes) is 2. The number of carbonyl (C=O) groups is 2. The fourth-order valence-electron chi connectivity index (χ4n) is 3.27. The molecule has 1 aromatic carbocycles. The predicted octanol–water partition coefficient (Wildman–Crippen LogP) is 3.71. The maximum Gasteiger partial charge on any atom is 0.350 e. The summed E-state index contributed by atoms with van der Waals surface area (Å²) in [6.07, 6.45) is 2.72. The van der Waals surface area contributed by atoms with Crippen molar-refractivity contribution in [2.24, 2.45) is 7.05 Å². The van der Waals surface area contributed by atoms with E-state index in [4.69, 9.17) is 4.74 Å². The van der Waals surface area contributed by atoms with Gasteiger partial charge >= 0.3 is 5.97 Å². The summed E-state index contributed by atoms with van der Waals surface area (Å²) < 4.78 is 6.29. The highest BCUT2D eigenvalue weighted by Gasteiger charge is 2.27. The molecule has 0 fully saturated rings. The summed E-state index contributed by atoms with van der Waals surface area (Å²) in [5.41, 5.74) is 0.434. The maximum atomic E-state index is 13.6. The molecule has 3 rings (SSSR count). The SMILES string of the molecule is CCCCCN(C(=O)c1nn(C)c(=O)c2ccccc12)c1nc(C)c(C(=O)OCC)s1. The fourth-order valence-corrected chi connectivity index (χ4v) is 4.26. The standard InChI is InChI=1S/C22H26N4O4S/c1-5-7-10-13-26(22-23-14(3)18(31-22)21(29)30-6-2)20(28)17-15-11-8-9-12-16(15)19(27)25(4)24-17/h8-9,11-12H,5-7,10,13H2,1-4H3. The molecule has 0 aliphatic heterocycles. The number of benzene rings is 1. The summed E-state index contributed by atoms with van der Waals surface area (Å²) in [5.74, 6) is -0.803. The van der Waals surface area contributed by atoms with Crippen molar-refractivity contribution in [2.75, 3.05) is 18.1 Å². The lowest BCUT2D eigenvalue weighted by molar-refractivity contribution is 0.0531. The Bertz CT molecular complexity index is 1170. The number of anilines is 1. The molecule has 0 saturated carbocycles. The Balaban J connectivity index is 2.08. The number of hydrogen-bond acceptors (Lipinski definition) is 7. The highest BCUT2D eigenvalue weighted by atomic mass is 32.1. The molecule has 0 atom stereocenters. The van der Waals surface area contributed by atoms with Gasteiger partial charge in [0.15, 0.2) is 10.8 Å². The lowest BCUT2D eigenvalue weighted by Crippen LogP contribution is -2.35. The van der Waals surface area contributed by atoms with Gasteiger partial charge in [-0.3, -0.25) is 14.5 Å². The van der Waals surface area contributed by atoms with Gasteiger partial charge in [0.1, 0.15) is 4.88 Å². The van der Waals surface area contributed by atoms with Crippen LogP contribution in [0.3, 0.4) is 0 Å². The molecule has 0 unspecified atom stereocenters. The van der Waals surface area contributed by atoms with Crippen LogP contribution >= 0.6 is 11.3 Å². The van der Waals surface area contributed by atoms with Crippen LogP contribution < -0.4 is 10.5 Å². The van der Waals surface area contributed by atoms with Gasteiger partial charge in [0, 0.05) is 19.0 Å². The number of fused-ring (bicyclic) bond motifs is 1. The molecule has 0 radical (unpaired) electrons. The van der Waals surface area contributed by atoms with E-state index in [2.05, 4.69) is 17.0 Å². The number of amides is 1. The Hall–Kier alpha value is -3.07. The van der Waals surface area contributed by atoms with Crippen LogP contribution in [0.25, 0.3) is 10.8 Å². The van der Waals surface area contributed by atoms with Crippen molar-refractivity contribution < 1.29 is 14.3 Å². The van der Waals surface area contributed by atoms with Crippen LogP contribution in [0.4, 0.5) is 5.13 Å². The summed E-state index contributed by atoms with van der Waals surface area (Å²) >= 11 is 1.13. The molecule has 1 amide bonds. The molecule has 0 saturated heterocycles. The number of carbonyl (C=O) groups excluding carboxylic acids is 2. The highest BCUT2D eigenvalue weighted by Crippen LogP contribution is 2.29. The molecule has 164 valence electrons. The summed E-state index contributed by atoms with van der Waals surface area (Å²) in [6, 6.07) is 6.93. The van der Waals surface area contributed by atoms with E-state index >= 15 is 0 Å². The van der Waals surface area contributed by atoms with Crippen LogP contribution in [-0.2, 0) is 11.8 Å². The van der Waals surface area contributed by atoms with E-state index in [0.29, 0.717) is 33.0 Å². The normalized spacial score (nSPS) is 11.0. The van der Waals surface area contributed by atoms with E-state index in [1.54, 1.807) is 43.0 Å². The van der Waals surface area contributed by atoms with Crippen molar-refractivity contribution >= 4 is 39.1 Å². The van der Waals surface area contributed by atoms with Crippen molar-refractivity contribution in [1.82, 2.24) is 14.8 Å². The van der Waals surface area contributed by atoms with Crippen LogP contribution in [0.2, 0.25) is 0 Å². The van der Waals surface area contributed by atoms with Gasteiger partial charge in [0.2, 0.25) is 0 Å². The van der Waals surface area contributed by atoms with E-state index in [0.717, 1.165) is 30.6 Å². The molecule has 0 bridgehead atoms. The van der Waals surface area contributed by atoms with Crippen molar-refractivity contribution in [3.05, 3.63) is 50.9 Å². The van der Waals surface area contributed by atoms with Gasteiger partial charge in [0.25, 0.3) is 11.5 Å². The van der Waals surface area contributed by atoms with Gasteiger partial charge in [-0.05, 0) is 26.3 Å². The minimum absolute atomic E-state index is 0.180. The molecule has 0 aliphatic rings. The number of nitrogens with zero attached hydrogens (tertiary/aromatic N) is 4. The summed E-state index contributed by atoms with van der Waals surface area (Å²) in [7, 11) is 1.53. The van der Waals surface area contributed by atoms with Crippen LogP contribution in [-0.4, -0.2) is 39.8 Å². The van der Waals surface area contributed by atoms with Crippen LogP contribution in [0.1, 0.15) is 59.0 Å². The zero-order valence-electron chi connectivity index (χ0n) is 18.2. The molecule has 0 aliphatic carbocycles. The molecule has 0 N–H and O–H groups in total. The quantitative estimate of drug-likeness (QED) is 0.390. The van der Waals surface area contributed by atoms with Crippen molar-refractivity contribution in [3.63, 3.8) is 0 Å². The van der Waals surface area contributed by atoms with Crippen LogP contribution in [0.15, 0.2) is 29.1 Å². The second-order valence-electron chi connectivity index (χ2n) is 7.12. The third-order valence-electron chi connectivity index (χ3n) is 4.87. The first-order chi connectivity index (χ1) is 14.9. The van der Waals surface area contributed by atoms with E-state index < -0.39 is 5.97 Å². The molecule has 2 heterocycles. The molecule has 9 heteroatoms. The lowest BCUT2D eigenvalue weighted by atomic mass is 10.1. The summed E-state index contributed by atoms with van der Waals surface area (Å²) in [6.45, 7) is 6.24. The number of ether oxygens (including phenoxy) is 1. The van der Waals surface area contributed by atoms with Crippen molar-refractivity contribution in [1.29, 1.82) is 0 Å². The average molecular weight is 443 g/mol. The zero-order chi connectivity index (χ0) is 22.5. The topological polar surface area (TPSA) is 94.4 Å². The van der Waals surface area contributed by atoms with Crippen molar-refractivity contribution in [3.8, 4) is 0 Å². The Morgan fingerprint density at radius 2 is 1.87 bits per heavy atom. The molecular weight excluding hydrogens is 416 g/mol. The Labute approximate surface area is 184 Å². The van der Waals surface area contributed by atoms with E-state index in [1.807, 2.05) is 0 Å². The molecule has 8 nitrogen and oxygen atoms in total. The average Bonchev–Trinajstić information content (AvgIpc) is 3.15. The molecule has 0 spiro atoms. The van der Waals surface area contributed by atoms with Gasteiger partial charge in [0.05, 0.1) is 17.7 Å². The first-order valence-corrected chi connectivity index (χ1v) is 11.1. The third kappa shape index (κ3) is 4.66. The first-order valence-electron chi connectivity index (χ1n) is 10.3. The second kappa shape index (κ2) is 9.82. The monoisotopic (exact) mass is 442 g/mol. The van der Waals surface area contributed by atoms with Crippen molar-refractivity contribution in [2.45, 2.75) is 40.0 Å². The number of rotatable bonds is 8. The molecule has 31 heavy (non-hydrogen) atoms. The van der Waals surface area contributed by atoms with E-state index in [-0.39, 0.29) is 23.8 Å². The van der Waals surface area contributed by atoms with Crippen LogP contribution in [0, 0.1) is 6.92 Å². The smallest absolute Gasteiger partial charge is 0.350 e. The Morgan fingerprint density at radius 3 is 2.55 bits per heavy atom. The molecular formula is C22H26N4O4S. The van der Waals surface area contributed by atoms with Gasteiger partial charge in [-0.25, -0.2) is 14.5 Å². The number of esters is 1. The lowest BCUT2D eigenvalue weighted by Gasteiger charge is -2.20. The highest BCUT2D eigenvalue weighted by molar-refractivity contribution is 7.17. The molecule has 3 aromatic rings. The number of aryl methyl sites for hydroxylation is 2. The zero-order valence-corrected chi connectivity index (χ0v) is 19.0. The fraction of sp³-hybridized carbons (Fsp3) is 0.409. The largest absolute Gasteiger partial charge is 0.462 e. The third-order valence-corrected chi connectivity index (χ3v) is 6.03. The maximum absolute atomic E-state index is 13.6. The van der Waals surface area contributed by atoms with Gasteiger partial charge in [-0.15, -0.1) is 0 Å². The Morgan fingerprint density at radius 1 is 1.16 bits per heavy atom. The summed E-state index contributed by atoms with van der Waals surface area (Å²) in [4.78, 5) is 44.8. The van der Waals surface area contributed by atoms with Gasteiger partial charge < -0.3 is 4.74 Å². The first kappa shape index (κ1) is 22.6. The number of aromatic nitrogens is 3. The van der Waals surface area contributed by atoms with E-state index in [9.17, 15) is 14.4 Å². The van der Waals surface area contributed by atoms with Crippen LogP contribution in [0.5, 0.6) is 0 Å². The minimum Gasteiger partial charge on any atom is -0.462 e. The van der Waals surface area contributed by atoms with Gasteiger partial charge in [-0.1, -0.05) is 49.3 Å². The van der Waals surface area contributed by atoms with Gasteiger partial charge in [-0.2, -0.15) is 5.10 Å². The van der Waals surface area contributed by atoms with E-state index in [1.165, 1.54) is 11.7 Å². The predicted molar refractivity (Wildman–Crippen MR) is 121 cm³/mol. The summed E-state index contributed by atoms with van der Waals surface area (Å²) in [5, 5.41) is 5.61. The molecule has 2 aromatic heterocycles.